The van der Waals surface area contributed by atoms with Crippen LogP contribution >= 0.6 is 0 Å². The number of carbonyl (C=O) groups is 2. The first-order valence-corrected chi connectivity index (χ1v) is 8.45. The summed E-state index contributed by atoms with van der Waals surface area (Å²) in [5, 5.41) is 10.7. The highest BCUT2D eigenvalue weighted by molar-refractivity contribution is 5.90. The van der Waals surface area contributed by atoms with Crippen LogP contribution in [0.3, 0.4) is 0 Å². The molecule has 0 amide bonds. The Morgan fingerprint density at radius 3 is 2.28 bits per heavy atom. The van der Waals surface area contributed by atoms with Gasteiger partial charge in [-0.15, -0.1) is 0 Å². The van der Waals surface area contributed by atoms with Crippen molar-refractivity contribution in [2.24, 2.45) is 5.92 Å². The van der Waals surface area contributed by atoms with E-state index in [1.165, 1.54) is 24.3 Å². The normalized spacial score (nSPS) is 20.9. The lowest BCUT2D eigenvalue weighted by atomic mass is 9.99. The minimum Gasteiger partial charge on any atom is -0.457 e. The average molecular weight is 348 g/mol. The lowest BCUT2D eigenvalue weighted by Crippen LogP contribution is -2.42. The molecule has 7 heteroatoms. The molecule has 0 saturated carbocycles. The number of rotatable bonds is 6. The minimum absolute atomic E-state index is 0.0737. The largest absolute Gasteiger partial charge is 0.457 e. The van der Waals surface area contributed by atoms with Gasteiger partial charge in [-0.05, 0) is 26.0 Å². The summed E-state index contributed by atoms with van der Waals surface area (Å²) >= 11 is 0. The molecule has 2 rings (SSSR count). The van der Waals surface area contributed by atoms with Crippen molar-refractivity contribution in [3.8, 4) is 0 Å². The molecule has 0 aliphatic carbocycles. The second-order valence-corrected chi connectivity index (χ2v) is 6.93. The number of nitro groups is 1. The highest BCUT2D eigenvalue weighted by Gasteiger charge is 2.40. The van der Waals surface area contributed by atoms with E-state index in [9.17, 15) is 19.7 Å². The Morgan fingerprint density at radius 2 is 1.80 bits per heavy atom. The van der Waals surface area contributed by atoms with Crippen LogP contribution in [-0.2, 0) is 9.53 Å². The van der Waals surface area contributed by atoms with Gasteiger partial charge in [0, 0.05) is 37.1 Å². The first-order chi connectivity index (χ1) is 11.7. The Kier molecular flexibility index (Phi) is 5.89. The molecule has 2 unspecified atom stereocenters. The van der Waals surface area contributed by atoms with Gasteiger partial charge < -0.3 is 4.74 Å². The molecule has 1 aliphatic rings. The predicted molar refractivity (Wildman–Crippen MR) is 92.4 cm³/mol. The quantitative estimate of drug-likeness (QED) is 0.446. The molecule has 0 N–H and O–H groups in total. The van der Waals surface area contributed by atoms with Gasteiger partial charge in [-0.2, -0.15) is 0 Å². The van der Waals surface area contributed by atoms with Gasteiger partial charge in [0.15, 0.2) is 5.78 Å². The maximum atomic E-state index is 12.4. The molecule has 1 aromatic carbocycles. The molecular weight excluding hydrogens is 324 g/mol. The topological polar surface area (TPSA) is 89.8 Å². The molecule has 1 saturated heterocycles. The molecule has 0 aromatic heterocycles. The van der Waals surface area contributed by atoms with Gasteiger partial charge in [-0.1, -0.05) is 13.8 Å². The lowest BCUT2D eigenvalue weighted by Gasteiger charge is -2.27. The number of non-ortho nitro benzene ring substituents is 1. The maximum absolute atomic E-state index is 12.4. The SMILES string of the molecule is CC(C)C(=O)C1CC(OC(=O)c2ccc([N+](=O)[O-])cc2)CN1C(C)C. The van der Waals surface area contributed by atoms with Crippen LogP contribution < -0.4 is 0 Å². The number of Topliss-reactive ketones (excluding diaryl/α,β-unsaturated/α-hetero) is 1. The van der Waals surface area contributed by atoms with E-state index in [2.05, 4.69) is 4.90 Å². The van der Waals surface area contributed by atoms with Crippen LogP contribution in [-0.4, -0.2) is 46.3 Å². The number of hydrogen-bond acceptors (Lipinski definition) is 6. The van der Waals surface area contributed by atoms with Crippen LogP contribution in [0.4, 0.5) is 5.69 Å². The molecule has 25 heavy (non-hydrogen) atoms. The van der Waals surface area contributed by atoms with Crippen molar-refractivity contribution in [3.05, 3.63) is 39.9 Å². The monoisotopic (exact) mass is 348 g/mol. The summed E-state index contributed by atoms with van der Waals surface area (Å²) in [6.45, 7) is 8.29. The second-order valence-electron chi connectivity index (χ2n) is 6.93. The molecule has 0 bridgehead atoms. The zero-order valence-corrected chi connectivity index (χ0v) is 15.0. The summed E-state index contributed by atoms with van der Waals surface area (Å²) in [6.07, 6.45) is 0.117. The van der Waals surface area contributed by atoms with E-state index in [0.717, 1.165) is 0 Å². The number of esters is 1. The highest BCUT2D eigenvalue weighted by Crippen LogP contribution is 2.26. The summed E-state index contributed by atoms with van der Waals surface area (Å²) in [5.74, 6) is -0.445. The Labute approximate surface area is 147 Å². The molecule has 1 aliphatic heterocycles. The zero-order valence-electron chi connectivity index (χ0n) is 15.0. The molecule has 7 nitrogen and oxygen atoms in total. The van der Waals surface area contributed by atoms with E-state index in [0.29, 0.717) is 13.0 Å². The third kappa shape index (κ3) is 4.42. The first-order valence-electron chi connectivity index (χ1n) is 8.45. The fraction of sp³-hybridized carbons (Fsp3) is 0.556. The number of benzene rings is 1. The maximum Gasteiger partial charge on any atom is 0.338 e. The van der Waals surface area contributed by atoms with E-state index in [4.69, 9.17) is 4.74 Å². The first kappa shape index (κ1) is 19.1. The van der Waals surface area contributed by atoms with Gasteiger partial charge >= 0.3 is 5.97 Å². The smallest absolute Gasteiger partial charge is 0.338 e. The molecular formula is C18H24N2O5. The Hall–Kier alpha value is -2.28. The van der Waals surface area contributed by atoms with Crippen LogP contribution in [0.25, 0.3) is 0 Å². The Bertz CT molecular complexity index is 654. The van der Waals surface area contributed by atoms with Crippen LogP contribution in [0.15, 0.2) is 24.3 Å². The Balaban J connectivity index is 2.05. The summed E-state index contributed by atoms with van der Waals surface area (Å²) in [7, 11) is 0. The summed E-state index contributed by atoms with van der Waals surface area (Å²) < 4.78 is 5.54. The van der Waals surface area contributed by atoms with Crippen molar-refractivity contribution < 1.29 is 19.2 Å². The third-order valence-electron chi connectivity index (χ3n) is 4.45. The van der Waals surface area contributed by atoms with Gasteiger partial charge in [-0.25, -0.2) is 4.79 Å². The fourth-order valence-corrected chi connectivity index (χ4v) is 3.08. The standard InChI is InChI=1S/C18H24N2O5/c1-11(2)17(21)16-9-15(10-19(16)12(3)4)25-18(22)13-5-7-14(8-6-13)20(23)24/h5-8,11-12,15-16H,9-10H2,1-4H3. The number of ether oxygens (including phenoxy) is 1. The van der Waals surface area contributed by atoms with Crippen molar-refractivity contribution in [2.45, 2.75) is 52.3 Å². The Morgan fingerprint density at radius 1 is 1.20 bits per heavy atom. The molecule has 1 heterocycles. The van der Waals surface area contributed by atoms with Gasteiger partial charge in [-0.3, -0.25) is 19.8 Å². The zero-order chi connectivity index (χ0) is 18.7. The van der Waals surface area contributed by atoms with Gasteiger partial charge in [0.1, 0.15) is 6.10 Å². The van der Waals surface area contributed by atoms with Crippen molar-refractivity contribution in [3.63, 3.8) is 0 Å². The van der Waals surface area contributed by atoms with E-state index in [1.807, 2.05) is 27.7 Å². The predicted octanol–water partition coefficient (Wildman–Crippen LogP) is 2.83. The van der Waals surface area contributed by atoms with Crippen LogP contribution in [0.1, 0.15) is 44.5 Å². The van der Waals surface area contributed by atoms with Gasteiger partial charge in [0.2, 0.25) is 0 Å². The fourth-order valence-electron chi connectivity index (χ4n) is 3.08. The van der Waals surface area contributed by atoms with Crippen molar-refractivity contribution in [1.82, 2.24) is 4.90 Å². The van der Waals surface area contributed by atoms with E-state index in [1.54, 1.807) is 0 Å². The van der Waals surface area contributed by atoms with E-state index < -0.39 is 10.9 Å². The number of nitrogens with zero attached hydrogens (tertiary/aromatic N) is 2. The van der Waals surface area contributed by atoms with Crippen LogP contribution in [0.2, 0.25) is 0 Å². The van der Waals surface area contributed by atoms with Crippen molar-refractivity contribution >= 4 is 17.4 Å². The average Bonchev–Trinajstić information content (AvgIpc) is 2.98. The minimum atomic E-state index is -0.527. The highest BCUT2D eigenvalue weighted by atomic mass is 16.6. The van der Waals surface area contributed by atoms with Gasteiger partial charge in [0.25, 0.3) is 5.69 Å². The van der Waals surface area contributed by atoms with Crippen molar-refractivity contribution in [1.29, 1.82) is 0 Å². The third-order valence-corrected chi connectivity index (χ3v) is 4.45. The molecule has 1 fully saturated rings. The van der Waals surface area contributed by atoms with Crippen LogP contribution in [0.5, 0.6) is 0 Å². The molecule has 136 valence electrons. The van der Waals surface area contributed by atoms with E-state index >= 15 is 0 Å². The van der Waals surface area contributed by atoms with E-state index in [-0.39, 0.29) is 41.1 Å². The second kappa shape index (κ2) is 7.74. The number of nitro benzene ring substituents is 1. The number of likely N-dealkylation sites (tertiary alicyclic amines) is 1. The lowest BCUT2D eigenvalue weighted by molar-refractivity contribution is -0.384. The van der Waals surface area contributed by atoms with Gasteiger partial charge in [0.05, 0.1) is 16.5 Å². The molecule has 0 spiro atoms. The molecule has 0 radical (unpaired) electrons. The molecule has 2 atom stereocenters. The number of hydrogen-bond donors (Lipinski definition) is 0. The summed E-state index contributed by atoms with van der Waals surface area (Å²) in [5.41, 5.74) is 0.186. The number of carbonyl (C=O) groups excluding carboxylic acids is 2. The van der Waals surface area contributed by atoms with Crippen molar-refractivity contribution in [2.75, 3.05) is 6.54 Å². The number of ketones is 1. The molecule has 1 aromatic rings. The summed E-state index contributed by atoms with van der Waals surface area (Å²) in [4.78, 5) is 36.9. The summed E-state index contributed by atoms with van der Waals surface area (Å²) in [6, 6.07) is 5.25. The van der Waals surface area contributed by atoms with Crippen LogP contribution in [0, 0.1) is 16.0 Å².